The monoisotopic (exact) mass is 461 g/mol. The van der Waals surface area contributed by atoms with Crippen LogP contribution in [0.15, 0.2) is 41.6 Å². The molecule has 9 heteroatoms. The first-order valence-electron chi connectivity index (χ1n) is 8.52. The van der Waals surface area contributed by atoms with Crippen LogP contribution in [-0.2, 0) is 10.5 Å². The molecule has 0 bridgehead atoms. The summed E-state index contributed by atoms with van der Waals surface area (Å²) in [4.78, 5) is 21.1. The summed E-state index contributed by atoms with van der Waals surface area (Å²) in [5.41, 5.74) is 1.18. The highest BCUT2D eigenvalue weighted by Gasteiger charge is 2.38. The van der Waals surface area contributed by atoms with E-state index in [0.29, 0.717) is 16.6 Å². The SMILES string of the molecule is Cc1cc(O[C@@H](NC(=O)C(C)(C)C)C(Cl)(Cl)Cl)nc(SCc2ccccc2)n1. The molecule has 0 radical (unpaired) electrons. The Labute approximate surface area is 184 Å². The van der Waals surface area contributed by atoms with Gasteiger partial charge in [0.15, 0.2) is 5.16 Å². The number of benzene rings is 1. The third kappa shape index (κ3) is 7.32. The molecule has 0 saturated heterocycles. The maximum absolute atomic E-state index is 12.3. The minimum absolute atomic E-state index is 0.216. The molecule has 0 saturated carbocycles. The van der Waals surface area contributed by atoms with Gasteiger partial charge in [0.05, 0.1) is 0 Å². The van der Waals surface area contributed by atoms with E-state index < -0.39 is 15.4 Å². The predicted molar refractivity (Wildman–Crippen MR) is 115 cm³/mol. The number of carbonyl (C=O) groups excluding carboxylic acids is 1. The molecule has 1 atom stereocenters. The maximum Gasteiger partial charge on any atom is 0.246 e. The van der Waals surface area contributed by atoms with Gasteiger partial charge in [0.25, 0.3) is 0 Å². The number of nitrogens with zero attached hydrogens (tertiary/aromatic N) is 2. The number of aryl methyl sites for hydroxylation is 1. The molecule has 0 aliphatic rings. The summed E-state index contributed by atoms with van der Waals surface area (Å²) >= 11 is 19.5. The predicted octanol–water partition coefficient (Wildman–Crippen LogP) is 5.31. The van der Waals surface area contributed by atoms with E-state index in [-0.39, 0.29) is 11.8 Å². The Morgan fingerprint density at radius 1 is 1.18 bits per heavy atom. The van der Waals surface area contributed by atoms with E-state index in [0.717, 1.165) is 5.56 Å². The Balaban J connectivity index is 2.15. The van der Waals surface area contributed by atoms with E-state index in [9.17, 15) is 4.79 Å². The highest BCUT2D eigenvalue weighted by molar-refractivity contribution is 7.98. The maximum atomic E-state index is 12.3. The molecule has 1 N–H and O–H groups in total. The highest BCUT2D eigenvalue weighted by atomic mass is 35.6. The fourth-order valence-corrected chi connectivity index (χ4v) is 3.14. The van der Waals surface area contributed by atoms with Crippen LogP contribution in [0.4, 0.5) is 0 Å². The Hall–Kier alpha value is -1.21. The molecule has 1 heterocycles. The van der Waals surface area contributed by atoms with Crippen LogP contribution >= 0.6 is 46.6 Å². The zero-order valence-electron chi connectivity index (χ0n) is 16.0. The van der Waals surface area contributed by atoms with Crippen LogP contribution in [0.1, 0.15) is 32.0 Å². The number of aromatic nitrogens is 2. The van der Waals surface area contributed by atoms with Crippen LogP contribution in [0.3, 0.4) is 0 Å². The van der Waals surface area contributed by atoms with E-state index >= 15 is 0 Å². The summed E-state index contributed by atoms with van der Waals surface area (Å²) in [5.74, 6) is 0.611. The van der Waals surface area contributed by atoms with Crippen LogP contribution < -0.4 is 10.1 Å². The van der Waals surface area contributed by atoms with Crippen molar-refractivity contribution in [3.8, 4) is 5.88 Å². The summed E-state index contributed by atoms with van der Waals surface area (Å²) in [6.45, 7) is 7.08. The Morgan fingerprint density at radius 3 is 2.39 bits per heavy atom. The number of amides is 1. The lowest BCUT2D eigenvalue weighted by molar-refractivity contribution is -0.131. The molecule has 152 valence electrons. The van der Waals surface area contributed by atoms with Gasteiger partial charge in [-0.3, -0.25) is 4.79 Å². The molecule has 28 heavy (non-hydrogen) atoms. The molecule has 0 aliphatic carbocycles. The van der Waals surface area contributed by atoms with Gasteiger partial charge in [0.1, 0.15) is 0 Å². The molecule has 5 nitrogen and oxygen atoms in total. The highest BCUT2D eigenvalue weighted by Crippen LogP contribution is 2.33. The minimum atomic E-state index is -1.88. The molecular formula is C19H22Cl3N3O2S. The molecule has 1 aromatic heterocycles. The number of carbonyl (C=O) groups is 1. The van der Waals surface area contributed by atoms with Crippen LogP contribution in [0.25, 0.3) is 0 Å². The van der Waals surface area contributed by atoms with Crippen LogP contribution in [0.2, 0.25) is 0 Å². The topological polar surface area (TPSA) is 64.1 Å². The second-order valence-corrected chi connectivity index (χ2v) is 10.5. The van der Waals surface area contributed by atoms with Crippen molar-refractivity contribution in [3.63, 3.8) is 0 Å². The smallest absolute Gasteiger partial charge is 0.246 e. The molecule has 2 rings (SSSR count). The number of hydrogen-bond acceptors (Lipinski definition) is 5. The fourth-order valence-electron chi connectivity index (χ4n) is 1.99. The van der Waals surface area contributed by atoms with Gasteiger partial charge < -0.3 is 10.1 Å². The van der Waals surface area contributed by atoms with Gasteiger partial charge in [-0.1, -0.05) is 97.7 Å². The average molecular weight is 463 g/mol. The summed E-state index contributed by atoms with van der Waals surface area (Å²) in [5, 5.41) is 3.15. The number of ether oxygens (including phenoxy) is 1. The van der Waals surface area contributed by atoms with Crippen LogP contribution in [-0.4, -0.2) is 25.9 Å². The van der Waals surface area contributed by atoms with Crippen molar-refractivity contribution in [2.75, 3.05) is 0 Å². The van der Waals surface area contributed by atoms with Gasteiger partial charge in [-0.25, -0.2) is 4.98 Å². The van der Waals surface area contributed by atoms with Crippen molar-refractivity contribution in [2.45, 2.75) is 48.6 Å². The second kappa shape index (κ2) is 9.53. The molecule has 0 aliphatic heterocycles. The van der Waals surface area contributed by atoms with Crippen LogP contribution in [0, 0.1) is 12.3 Å². The first-order valence-corrected chi connectivity index (χ1v) is 10.6. The van der Waals surface area contributed by atoms with Crippen LogP contribution in [0.5, 0.6) is 5.88 Å². The van der Waals surface area contributed by atoms with Crippen molar-refractivity contribution >= 4 is 52.5 Å². The van der Waals surface area contributed by atoms with Crippen molar-refractivity contribution in [1.29, 1.82) is 0 Å². The number of rotatable bonds is 6. The molecule has 0 spiro atoms. The molecular weight excluding hydrogens is 441 g/mol. The van der Waals surface area contributed by atoms with Crippen molar-refractivity contribution in [1.82, 2.24) is 15.3 Å². The quantitative estimate of drug-likeness (QED) is 0.272. The van der Waals surface area contributed by atoms with Gasteiger partial charge >= 0.3 is 0 Å². The first kappa shape index (κ1) is 23.1. The zero-order chi connectivity index (χ0) is 20.9. The Kier molecular flexibility index (Phi) is 7.85. The van der Waals surface area contributed by atoms with Gasteiger partial charge in [-0.2, -0.15) is 4.98 Å². The van der Waals surface area contributed by atoms with Crippen molar-refractivity contribution < 1.29 is 9.53 Å². The average Bonchev–Trinajstić information content (AvgIpc) is 2.58. The van der Waals surface area contributed by atoms with Gasteiger partial charge in [-0.05, 0) is 12.5 Å². The van der Waals surface area contributed by atoms with Gasteiger partial charge in [-0.15, -0.1) is 0 Å². The lowest BCUT2D eigenvalue weighted by Crippen LogP contribution is -2.51. The molecule has 0 unspecified atom stereocenters. The molecule has 1 amide bonds. The summed E-state index contributed by atoms with van der Waals surface area (Å²) < 4.78 is 3.85. The van der Waals surface area contributed by atoms with E-state index in [2.05, 4.69) is 15.3 Å². The molecule has 0 fully saturated rings. The summed E-state index contributed by atoms with van der Waals surface area (Å²) in [7, 11) is 0. The van der Waals surface area contributed by atoms with Gasteiger partial charge in [0, 0.05) is 22.9 Å². The second-order valence-electron chi connectivity index (χ2n) is 7.17. The van der Waals surface area contributed by atoms with E-state index in [1.165, 1.54) is 11.8 Å². The standard InChI is InChI=1S/C19H22Cl3N3O2S/c1-12-10-14(24-17(23-12)28-11-13-8-6-5-7-9-13)27-16(19(20,21)22)25-15(26)18(2,3)4/h5-10,16H,11H2,1-4H3,(H,25,26)/t16-/m1/s1. The molecule has 1 aromatic carbocycles. The molecule has 2 aromatic rings. The van der Waals surface area contributed by atoms with Crippen molar-refractivity contribution in [3.05, 3.63) is 47.7 Å². The fraction of sp³-hybridized carbons (Fsp3) is 0.421. The summed E-state index contributed by atoms with van der Waals surface area (Å²) in [6.07, 6.45) is -1.20. The van der Waals surface area contributed by atoms with Crippen molar-refractivity contribution in [2.24, 2.45) is 5.41 Å². The number of thioether (sulfide) groups is 1. The third-order valence-electron chi connectivity index (χ3n) is 3.50. The summed E-state index contributed by atoms with van der Waals surface area (Å²) in [6, 6.07) is 11.6. The normalized spacial score (nSPS) is 13.1. The van der Waals surface area contributed by atoms with E-state index in [1.54, 1.807) is 26.8 Å². The number of hydrogen-bond donors (Lipinski definition) is 1. The number of alkyl halides is 3. The lowest BCUT2D eigenvalue weighted by atomic mass is 9.96. The number of nitrogens with one attached hydrogen (secondary N) is 1. The Morgan fingerprint density at radius 2 is 1.82 bits per heavy atom. The zero-order valence-corrected chi connectivity index (χ0v) is 19.1. The minimum Gasteiger partial charge on any atom is -0.449 e. The first-order chi connectivity index (χ1) is 12.9. The third-order valence-corrected chi connectivity index (χ3v) is 5.01. The Bertz CT molecular complexity index is 808. The lowest BCUT2D eigenvalue weighted by Gasteiger charge is -2.29. The van der Waals surface area contributed by atoms with E-state index in [4.69, 9.17) is 39.5 Å². The largest absolute Gasteiger partial charge is 0.449 e. The van der Waals surface area contributed by atoms with E-state index in [1.807, 2.05) is 37.3 Å². The number of halogens is 3. The van der Waals surface area contributed by atoms with Gasteiger partial charge in [0.2, 0.25) is 21.8 Å².